The van der Waals surface area contributed by atoms with E-state index in [9.17, 15) is 14.0 Å². The molecule has 1 aromatic rings. The Hall–Kier alpha value is -1.91. The maximum Gasteiger partial charge on any atom is 0.313 e. The first-order valence-corrected chi connectivity index (χ1v) is 5.65. The van der Waals surface area contributed by atoms with Crippen LogP contribution in [0.5, 0.6) is 5.75 Å². The number of methoxy groups -OCH3 is 1. The molecule has 18 heavy (non-hydrogen) atoms. The molecular formula is C13H13FO4. The van der Waals surface area contributed by atoms with E-state index < -0.39 is 12.1 Å². The Morgan fingerprint density at radius 3 is 3.00 bits per heavy atom. The largest absolute Gasteiger partial charge is 0.482 e. The molecule has 0 aliphatic carbocycles. The van der Waals surface area contributed by atoms with E-state index in [1.54, 1.807) is 0 Å². The molecule has 0 bridgehead atoms. The summed E-state index contributed by atoms with van der Waals surface area (Å²) in [6.07, 6.45) is 0.0660. The molecule has 1 heterocycles. The van der Waals surface area contributed by atoms with Crippen LogP contribution >= 0.6 is 0 Å². The molecule has 1 aromatic carbocycles. The first-order chi connectivity index (χ1) is 8.60. The maximum atomic E-state index is 13.0. The molecule has 4 nitrogen and oxygen atoms in total. The van der Waals surface area contributed by atoms with Gasteiger partial charge in [-0.1, -0.05) is 0 Å². The molecular weight excluding hydrogens is 239 g/mol. The molecule has 0 saturated heterocycles. The average Bonchev–Trinajstić information content (AvgIpc) is 2.37. The molecule has 96 valence electrons. The van der Waals surface area contributed by atoms with E-state index in [-0.39, 0.29) is 18.0 Å². The van der Waals surface area contributed by atoms with Crippen LogP contribution in [0.1, 0.15) is 18.4 Å². The molecule has 0 saturated carbocycles. The zero-order valence-corrected chi connectivity index (χ0v) is 9.94. The molecule has 0 spiro atoms. The number of aryl methyl sites for hydroxylation is 1. The number of fused-ring (bicyclic) bond motifs is 1. The molecule has 1 aliphatic heterocycles. The highest BCUT2D eigenvalue weighted by Gasteiger charge is 2.27. The number of rotatable bonds is 3. The van der Waals surface area contributed by atoms with Crippen molar-refractivity contribution < 1.29 is 23.5 Å². The van der Waals surface area contributed by atoms with Gasteiger partial charge in [-0.2, -0.15) is 0 Å². The summed E-state index contributed by atoms with van der Waals surface area (Å²) >= 11 is 0. The summed E-state index contributed by atoms with van der Waals surface area (Å²) in [6.45, 7) is 0. The third-order valence-electron chi connectivity index (χ3n) is 2.87. The third-order valence-corrected chi connectivity index (χ3v) is 2.87. The van der Waals surface area contributed by atoms with Gasteiger partial charge < -0.3 is 9.47 Å². The number of ether oxygens (including phenoxy) is 2. The second kappa shape index (κ2) is 5.16. The number of carbonyl (C=O) groups is 2. The summed E-state index contributed by atoms with van der Waals surface area (Å²) in [6, 6.07) is 4.19. The van der Waals surface area contributed by atoms with Crippen LogP contribution in [0.4, 0.5) is 4.39 Å². The second-order valence-corrected chi connectivity index (χ2v) is 4.12. The Morgan fingerprint density at radius 2 is 2.28 bits per heavy atom. The van der Waals surface area contributed by atoms with Crippen molar-refractivity contribution in [2.45, 2.75) is 25.4 Å². The maximum absolute atomic E-state index is 13.0. The van der Waals surface area contributed by atoms with E-state index in [1.165, 1.54) is 25.3 Å². The summed E-state index contributed by atoms with van der Waals surface area (Å²) in [5.41, 5.74) is 0.747. The van der Waals surface area contributed by atoms with Crippen molar-refractivity contribution in [3.63, 3.8) is 0 Å². The Labute approximate surface area is 104 Å². The summed E-state index contributed by atoms with van der Waals surface area (Å²) < 4.78 is 22.9. The van der Waals surface area contributed by atoms with Crippen molar-refractivity contribution in [1.29, 1.82) is 0 Å². The summed E-state index contributed by atoms with van der Waals surface area (Å²) in [4.78, 5) is 22.8. The number of halogens is 1. The number of carbonyl (C=O) groups excluding carboxylic acids is 2. The van der Waals surface area contributed by atoms with E-state index in [0.717, 1.165) is 5.56 Å². The quantitative estimate of drug-likeness (QED) is 0.606. The highest BCUT2D eigenvalue weighted by molar-refractivity contribution is 5.98. The lowest BCUT2D eigenvalue weighted by Gasteiger charge is -2.24. The Morgan fingerprint density at radius 1 is 1.50 bits per heavy atom. The van der Waals surface area contributed by atoms with Crippen LogP contribution in [0.25, 0.3) is 0 Å². The van der Waals surface area contributed by atoms with Crippen molar-refractivity contribution in [3.8, 4) is 5.75 Å². The van der Waals surface area contributed by atoms with Gasteiger partial charge in [0, 0.05) is 0 Å². The number of ketones is 1. The van der Waals surface area contributed by atoms with Crippen LogP contribution in [-0.2, 0) is 20.7 Å². The van der Waals surface area contributed by atoms with Gasteiger partial charge in [0.2, 0.25) is 0 Å². The number of hydrogen-bond donors (Lipinski definition) is 0. The molecule has 0 aromatic heterocycles. The Bertz CT molecular complexity index is 484. The van der Waals surface area contributed by atoms with Crippen molar-refractivity contribution in [2.24, 2.45) is 0 Å². The lowest BCUT2D eigenvalue weighted by Crippen LogP contribution is -2.32. The minimum Gasteiger partial charge on any atom is -0.482 e. The van der Waals surface area contributed by atoms with Crippen molar-refractivity contribution in [2.75, 3.05) is 7.11 Å². The average molecular weight is 252 g/mol. The molecule has 1 aliphatic rings. The van der Waals surface area contributed by atoms with Crippen LogP contribution in [0.3, 0.4) is 0 Å². The number of esters is 1. The lowest BCUT2D eigenvalue weighted by molar-refractivity contribution is -0.145. The summed E-state index contributed by atoms with van der Waals surface area (Å²) in [7, 11) is 1.23. The van der Waals surface area contributed by atoms with E-state index in [1.807, 2.05) is 0 Å². The van der Waals surface area contributed by atoms with Gasteiger partial charge in [0.05, 0.1) is 7.11 Å². The van der Waals surface area contributed by atoms with Gasteiger partial charge in [0.1, 0.15) is 18.0 Å². The molecule has 0 fully saturated rings. The predicted molar refractivity (Wildman–Crippen MR) is 60.8 cm³/mol. The van der Waals surface area contributed by atoms with Gasteiger partial charge in [-0.25, -0.2) is 4.39 Å². The van der Waals surface area contributed by atoms with Crippen LogP contribution in [0, 0.1) is 5.82 Å². The van der Waals surface area contributed by atoms with Crippen molar-refractivity contribution in [3.05, 3.63) is 29.6 Å². The van der Waals surface area contributed by atoms with Gasteiger partial charge in [-0.3, -0.25) is 9.59 Å². The summed E-state index contributed by atoms with van der Waals surface area (Å²) in [5, 5.41) is 0. The molecule has 5 heteroatoms. The van der Waals surface area contributed by atoms with Crippen molar-refractivity contribution >= 4 is 11.8 Å². The molecule has 0 N–H and O–H groups in total. The van der Waals surface area contributed by atoms with E-state index in [0.29, 0.717) is 18.6 Å². The third kappa shape index (κ3) is 2.67. The molecule has 0 amide bonds. The topological polar surface area (TPSA) is 52.6 Å². The standard InChI is InChI=1S/C13H13FO4/c1-17-13(16)7-10(15)12-4-2-8-6-9(14)3-5-11(8)18-12/h3,5-6,12H,2,4,7H2,1H3. The number of benzene rings is 1. The summed E-state index contributed by atoms with van der Waals surface area (Å²) in [5.74, 6) is -0.701. The van der Waals surface area contributed by atoms with Gasteiger partial charge in [-0.15, -0.1) is 0 Å². The van der Waals surface area contributed by atoms with E-state index >= 15 is 0 Å². The number of hydrogen-bond acceptors (Lipinski definition) is 4. The van der Waals surface area contributed by atoms with Gasteiger partial charge in [0.15, 0.2) is 11.9 Å². The van der Waals surface area contributed by atoms with Crippen LogP contribution in [0.15, 0.2) is 18.2 Å². The first kappa shape index (κ1) is 12.5. The fourth-order valence-corrected chi connectivity index (χ4v) is 1.91. The smallest absolute Gasteiger partial charge is 0.313 e. The SMILES string of the molecule is COC(=O)CC(=O)C1CCc2cc(F)ccc2O1. The normalized spacial score (nSPS) is 17.6. The zero-order chi connectivity index (χ0) is 13.1. The molecule has 0 radical (unpaired) electrons. The fourth-order valence-electron chi connectivity index (χ4n) is 1.91. The molecule has 2 rings (SSSR count). The first-order valence-electron chi connectivity index (χ1n) is 5.65. The number of Topliss-reactive ketones (excluding diaryl/α,β-unsaturated/α-hetero) is 1. The van der Waals surface area contributed by atoms with E-state index in [2.05, 4.69) is 4.74 Å². The minimum absolute atomic E-state index is 0.294. The lowest BCUT2D eigenvalue weighted by atomic mass is 9.98. The fraction of sp³-hybridized carbons (Fsp3) is 0.385. The second-order valence-electron chi connectivity index (χ2n) is 4.12. The van der Waals surface area contributed by atoms with Gasteiger partial charge in [-0.05, 0) is 36.6 Å². The van der Waals surface area contributed by atoms with Crippen LogP contribution < -0.4 is 4.74 Å². The molecule has 1 unspecified atom stereocenters. The van der Waals surface area contributed by atoms with Crippen LogP contribution in [-0.4, -0.2) is 25.0 Å². The highest BCUT2D eigenvalue weighted by Crippen LogP contribution is 2.28. The Balaban J connectivity index is 2.05. The molecule has 1 atom stereocenters. The van der Waals surface area contributed by atoms with E-state index in [4.69, 9.17) is 4.74 Å². The highest BCUT2D eigenvalue weighted by atomic mass is 19.1. The Kier molecular flexibility index (Phi) is 3.60. The van der Waals surface area contributed by atoms with Gasteiger partial charge in [0.25, 0.3) is 0 Å². The van der Waals surface area contributed by atoms with Crippen molar-refractivity contribution in [1.82, 2.24) is 0 Å². The van der Waals surface area contributed by atoms with Crippen LogP contribution in [0.2, 0.25) is 0 Å². The predicted octanol–water partition coefficient (Wildman–Crippen LogP) is 1.65. The van der Waals surface area contributed by atoms with Gasteiger partial charge >= 0.3 is 5.97 Å². The minimum atomic E-state index is -0.651. The monoisotopic (exact) mass is 252 g/mol. The zero-order valence-electron chi connectivity index (χ0n) is 9.94.